The van der Waals surface area contributed by atoms with Gasteiger partial charge in [-0.25, -0.2) is 4.79 Å². The molecule has 0 saturated heterocycles. The molecule has 1 aromatic rings. The summed E-state index contributed by atoms with van der Waals surface area (Å²) < 4.78 is 5.14. The zero-order chi connectivity index (χ0) is 14.3. The van der Waals surface area contributed by atoms with Crippen molar-refractivity contribution in [1.29, 1.82) is 0 Å². The van der Waals surface area contributed by atoms with E-state index < -0.39 is 11.7 Å². The molecule has 0 heterocycles. The highest BCUT2D eigenvalue weighted by Gasteiger charge is 2.15. The Morgan fingerprint density at radius 3 is 2.79 bits per heavy atom. The van der Waals surface area contributed by atoms with Gasteiger partial charge in [-0.15, -0.1) is 0 Å². The normalized spacial score (nSPS) is 10.3. The fourth-order valence-electron chi connectivity index (χ4n) is 1.39. The van der Waals surface area contributed by atoms with Crippen LogP contribution in [0.5, 0.6) is 0 Å². The third-order valence-electron chi connectivity index (χ3n) is 2.07. The lowest BCUT2D eigenvalue weighted by Gasteiger charge is -2.19. The van der Waals surface area contributed by atoms with E-state index in [0.29, 0.717) is 6.54 Å². The quantitative estimate of drug-likeness (QED) is 0.801. The van der Waals surface area contributed by atoms with E-state index in [4.69, 9.17) is 9.84 Å². The van der Waals surface area contributed by atoms with E-state index in [0.717, 1.165) is 11.1 Å². The highest BCUT2D eigenvalue weighted by Crippen LogP contribution is 2.08. The van der Waals surface area contributed by atoms with E-state index in [1.807, 2.05) is 45.0 Å². The standard InChI is InChI=1S/C15H19NO3/c1-15(2,3)19-14(18)16-11-13-7-4-6-12(10-13)8-5-9-17/h4,6-7,10,17H,9,11H2,1-3H3,(H,16,18). The summed E-state index contributed by atoms with van der Waals surface area (Å²) in [6.07, 6.45) is -0.445. The van der Waals surface area contributed by atoms with E-state index in [-0.39, 0.29) is 6.61 Å². The van der Waals surface area contributed by atoms with Gasteiger partial charge in [-0.1, -0.05) is 24.0 Å². The third kappa shape index (κ3) is 6.49. The minimum Gasteiger partial charge on any atom is -0.444 e. The van der Waals surface area contributed by atoms with Gasteiger partial charge in [0, 0.05) is 12.1 Å². The molecule has 4 heteroatoms. The van der Waals surface area contributed by atoms with Crippen LogP contribution in [0.1, 0.15) is 31.9 Å². The second-order valence-corrected chi connectivity index (χ2v) is 5.02. The van der Waals surface area contributed by atoms with E-state index in [1.165, 1.54) is 0 Å². The molecule has 4 nitrogen and oxygen atoms in total. The molecule has 0 fully saturated rings. The van der Waals surface area contributed by atoms with E-state index in [2.05, 4.69) is 17.2 Å². The number of hydrogen-bond acceptors (Lipinski definition) is 3. The molecule has 102 valence electrons. The zero-order valence-electron chi connectivity index (χ0n) is 11.5. The number of carbonyl (C=O) groups is 1. The SMILES string of the molecule is CC(C)(C)OC(=O)NCc1cccc(C#CCO)c1. The summed E-state index contributed by atoms with van der Waals surface area (Å²) in [6, 6.07) is 7.45. The number of rotatable bonds is 2. The molecule has 1 rings (SSSR count). The van der Waals surface area contributed by atoms with E-state index in [9.17, 15) is 4.79 Å². The first-order valence-corrected chi connectivity index (χ1v) is 6.06. The van der Waals surface area contributed by atoms with Crippen molar-refractivity contribution in [1.82, 2.24) is 5.32 Å². The van der Waals surface area contributed by atoms with Gasteiger partial charge in [0.1, 0.15) is 12.2 Å². The number of carbonyl (C=O) groups excluding carboxylic acids is 1. The van der Waals surface area contributed by atoms with Gasteiger partial charge in [0.05, 0.1) is 0 Å². The number of aliphatic hydroxyl groups excluding tert-OH is 1. The molecule has 2 N–H and O–H groups in total. The Labute approximate surface area is 113 Å². The molecule has 19 heavy (non-hydrogen) atoms. The van der Waals surface area contributed by atoms with Crippen molar-refractivity contribution in [3.8, 4) is 11.8 Å². The summed E-state index contributed by atoms with van der Waals surface area (Å²) in [5, 5.41) is 11.3. The Balaban J connectivity index is 2.56. The second-order valence-electron chi connectivity index (χ2n) is 5.02. The number of alkyl carbamates (subject to hydrolysis) is 1. The van der Waals surface area contributed by atoms with Gasteiger partial charge in [-0.2, -0.15) is 0 Å². The molecular weight excluding hydrogens is 242 g/mol. The van der Waals surface area contributed by atoms with Crippen LogP contribution in [0.15, 0.2) is 24.3 Å². The van der Waals surface area contributed by atoms with Gasteiger partial charge < -0.3 is 15.2 Å². The Bertz CT molecular complexity index is 492. The molecular formula is C15H19NO3. The van der Waals surface area contributed by atoms with Gasteiger partial charge in [-0.05, 0) is 38.5 Å². The predicted molar refractivity (Wildman–Crippen MR) is 73.5 cm³/mol. The molecule has 0 atom stereocenters. The average Bonchev–Trinajstić information content (AvgIpc) is 2.32. The highest BCUT2D eigenvalue weighted by molar-refractivity contribution is 5.67. The maximum absolute atomic E-state index is 11.5. The zero-order valence-corrected chi connectivity index (χ0v) is 11.5. The molecule has 0 spiro atoms. The number of ether oxygens (including phenoxy) is 1. The van der Waals surface area contributed by atoms with Crippen molar-refractivity contribution < 1.29 is 14.6 Å². The van der Waals surface area contributed by atoms with E-state index in [1.54, 1.807) is 0 Å². The van der Waals surface area contributed by atoms with Crippen LogP contribution in [-0.2, 0) is 11.3 Å². The number of aliphatic hydroxyl groups is 1. The van der Waals surface area contributed by atoms with Gasteiger partial charge in [-0.3, -0.25) is 0 Å². The van der Waals surface area contributed by atoms with Crippen molar-refractivity contribution >= 4 is 6.09 Å². The second kappa shape index (κ2) is 6.81. The van der Waals surface area contributed by atoms with Crippen LogP contribution >= 0.6 is 0 Å². The van der Waals surface area contributed by atoms with Crippen molar-refractivity contribution in [2.24, 2.45) is 0 Å². The maximum atomic E-state index is 11.5. The lowest BCUT2D eigenvalue weighted by Crippen LogP contribution is -2.32. The summed E-state index contributed by atoms with van der Waals surface area (Å²) in [6.45, 7) is 5.66. The van der Waals surface area contributed by atoms with Crippen molar-refractivity contribution in [3.05, 3.63) is 35.4 Å². The first kappa shape index (κ1) is 15.1. The first-order chi connectivity index (χ1) is 8.90. The molecule has 0 bridgehead atoms. The number of nitrogens with one attached hydrogen (secondary N) is 1. The minimum atomic E-state index is -0.501. The molecule has 0 unspecified atom stereocenters. The molecule has 0 aliphatic carbocycles. The van der Waals surface area contributed by atoms with Crippen LogP contribution in [0, 0.1) is 11.8 Å². The van der Waals surface area contributed by atoms with Crippen molar-refractivity contribution in [2.75, 3.05) is 6.61 Å². The Kier molecular flexibility index (Phi) is 5.40. The Morgan fingerprint density at radius 2 is 2.16 bits per heavy atom. The van der Waals surface area contributed by atoms with Crippen molar-refractivity contribution in [3.63, 3.8) is 0 Å². The van der Waals surface area contributed by atoms with Crippen LogP contribution in [0.3, 0.4) is 0 Å². The largest absolute Gasteiger partial charge is 0.444 e. The Hall–Kier alpha value is -1.99. The molecule has 1 amide bonds. The van der Waals surface area contributed by atoms with Crippen LogP contribution in [-0.4, -0.2) is 23.4 Å². The van der Waals surface area contributed by atoms with E-state index >= 15 is 0 Å². The number of amides is 1. The molecule has 0 aromatic heterocycles. The van der Waals surface area contributed by atoms with Crippen LogP contribution in [0.25, 0.3) is 0 Å². The average molecular weight is 261 g/mol. The predicted octanol–water partition coefficient (Wildman–Crippen LogP) is 2.06. The Morgan fingerprint density at radius 1 is 1.42 bits per heavy atom. The molecule has 0 saturated carbocycles. The lowest BCUT2D eigenvalue weighted by molar-refractivity contribution is 0.0523. The fraction of sp³-hybridized carbons (Fsp3) is 0.400. The van der Waals surface area contributed by atoms with Crippen LogP contribution in [0.2, 0.25) is 0 Å². The number of hydrogen-bond donors (Lipinski definition) is 2. The van der Waals surface area contributed by atoms with Crippen LogP contribution in [0.4, 0.5) is 4.79 Å². The fourth-order valence-corrected chi connectivity index (χ4v) is 1.39. The van der Waals surface area contributed by atoms with Gasteiger partial charge >= 0.3 is 6.09 Å². The topological polar surface area (TPSA) is 58.6 Å². The number of benzene rings is 1. The molecule has 0 radical (unpaired) electrons. The highest BCUT2D eigenvalue weighted by atomic mass is 16.6. The first-order valence-electron chi connectivity index (χ1n) is 6.06. The monoisotopic (exact) mass is 261 g/mol. The van der Waals surface area contributed by atoms with Gasteiger partial charge in [0.2, 0.25) is 0 Å². The third-order valence-corrected chi connectivity index (χ3v) is 2.07. The molecule has 0 aliphatic rings. The summed E-state index contributed by atoms with van der Waals surface area (Å²) in [7, 11) is 0. The summed E-state index contributed by atoms with van der Waals surface area (Å²) in [5.41, 5.74) is 1.23. The minimum absolute atomic E-state index is 0.166. The van der Waals surface area contributed by atoms with Gasteiger partial charge in [0.15, 0.2) is 0 Å². The summed E-state index contributed by atoms with van der Waals surface area (Å²) in [4.78, 5) is 11.5. The smallest absolute Gasteiger partial charge is 0.407 e. The van der Waals surface area contributed by atoms with Crippen molar-refractivity contribution in [2.45, 2.75) is 32.9 Å². The summed E-state index contributed by atoms with van der Waals surface area (Å²) in [5.74, 6) is 5.40. The lowest BCUT2D eigenvalue weighted by atomic mass is 10.1. The summed E-state index contributed by atoms with van der Waals surface area (Å²) >= 11 is 0. The maximum Gasteiger partial charge on any atom is 0.407 e. The molecule has 0 aliphatic heterocycles. The van der Waals surface area contributed by atoms with Gasteiger partial charge in [0.25, 0.3) is 0 Å². The molecule has 1 aromatic carbocycles. The van der Waals surface area contributed by atoms with Crippen LogP contribution < -0.4 is 5.32 Å².